The van der Waals surface area contributed by atoms with E-state index in [0.717, 1.165) is 12.5 Å². The zero-order valence-electron chi connectivity index (χ0n) is 11.7. The Balaban J connectivity index is 2.17. The van der Waals surface area contributed by atoms with Gasteiger partial charge in [-0.05, 0) is 36.6 Å². The molecule has 1 amide bonds. The van der Waals surface area contributed by atoms with Crippen LogP contribution in [0.3, 0.4) is 0 Å². The van der Waals surface area contributed by atoms with Crippen LogP contribution in [-0.2, 0) is 14.3 Å². The van der Waals surface area contributed by atoms with E-state index in [1.54, 1.807) is 18.2 Å². The summed E-state index contributed by atoms with van der Waals surface area (Å²) in [4.78, 5) is 22.6. The standard InChI is InChI=1S/C15H17NO5/c1-20-12-6-4-10(5-7-14(17)18)9-11(12)16-15(19)13-3-2-8-21-13/h4-7,9,13H,2-3,8H2,1H3,(H,16,19)(H,17,18). The second kappa shape index (κ2) is 6.90. The summed E-state index contributed by atoms with van der Waals surface area (Å²) in [6.45, 7) is 0.594. The van der Waals surface area contributed by atoms with Crippen molar-refractivity contribution in [1.29, 1.82) is 0 Å². The van der Waals surface area contributed by atoms with Crippen LogP contribution >= 0.6 is 0 Å². The molecule has 1 saturated heterocycles. The van der Waals surface area contributed by atoms with Gasteiger partial charge in [0.1, 0.15) is 11.9 Å². The van der Waals surface area contributed by atoms with Gasteiger partial charge in [-0.2, -0.15) is 0 Å². The van der Waals surface area contributed by atoms with Gasteiger partial charge in [-0.1, -0.05) is 6.07 Å². The molecule has 2 rings (SSSR count). The first-order valence-electron chi connectivity index (χ1n) is 6.61. The predicted molar refractivity (Wildman–Crippen MR) is 77.3 cm³/mol. The molecule has 6 nitrogen and oxygen atoms in total. The van der Waals surface area contributed by atoms with Crippen LogP contribution in [0.25, 0.3) is 6.08 Å². The number of hydrogen-bond acceptors (Lipinski definition) is 4. The third-order valence-corrected chi connectivity index (χ3v) is 3.12. The fourth-order valence-electron chi connectivity index (χ4n) is 2.09. The van der Waals surface area contributed by atoms with E-state index in [2.05, 4.69) is 5.32 Å². The number of methoxy groups -OCH3 is 1. The minimum atomic E-state index is -1.03. The Morgan fingerprint density at radius 2 is 2.29 bits per heavy atom. The van der Waals surface area contributed by atoms with Gasteiger partial charge in [0.15, 0.2) is 0 Å². The molecule has 0 radical (unpaired) electrons. The normalized spacial score (nSPS) is 17.9. The number of benzene rings is 1. The van der Waals surface area contributed by atoms with Gasteiger partial charge < -0.3 is 19.9 Å². The van der Waals surface area contributed by atoms with Crippen LogP contribution in [0.1, 0.15) is 18.4 Å². The SMILES string of the molecule is COc1ccc(C=CC(=O)O)cc1NC(=O)C1CCCO1. The van der Waals surface area contributed by atoms with Crippen molar-refractivity contribution >= 4 is 23.6 Å². The number of aliphatic carboxylic acids is 1. The molecular formula is C15H17NO5. The van der Waals surface area contributed by atoms with Crippen molar-refractivity contribution in [2.75, 3.05) is 19.0 Å². The number of anilines is 1. The molecule has 6 heteroatoms. The molecule has 0 bridgehead atoms. The van der Waals surface area contributed by atoms with Crippen molar-refractivity contribution in [2.24, 2.45) is 0 Å². The van der Waals surface area contributed by atoms with Gasteiger partial charge in [0.05, 0.1) is 12.8 Å². The first-order chi connectivity index (χ1) is 10.1. The Hall–Kier alpha value is -2.34. The number of carbonyl (C=O) groups excluding carboxylic acids is 1. The van der Waals surface area contributed by atoms with E-state index < -0.39 is 12.1 Å². The zero-order valence-corrected chi connectivity index (χ0v) is 11.7. The van der Waals surface area contributed by atoms with Crippen molar-refractivity contribution in [1.82, 2.24) is 0 Å². The Morgan fingerprint density at radius 1 is 1.48 bits per heavy atom. The van der Waals surface area contributed by atoms with E-state index in [1.807, 2.05) is 0 Å². The molecule has 2 N–H and O–H groups in total. The quantitative estimate of drug-likeness (QED) is 0.809. The number of rotatable bonds is 5. The van der Waals surface area contributed by atoms with Gasteiger partial charge >= 0.3 is 5.97 Å². The number of carboxylic acid groups (broad SMARTS) is 1. The lowest BCUT2D eigenvalue weighted by atomic mass is 10.1. The first kappa shape index (κ1) is 15.1. The van der Waals surface area contributed by atoms with Crippen LogP contribution < -0.4 is 10.1 Å². The molecule has 0 aliphatic carbocycles. The molecule has 1 unspecified atom stereocenters. The summed E-state index contributed by atoms with van der Waals surface area (Å²) < 4.78 is 10.5. The number of ether oxygens (including phenoxy) is 2. The van der Waals surface area contributed by atoms with E-state index >= 15 is 0 Å². The largest absolute Gasteiger partial charge is 0.495 e. The zero-order chi connectivity index (χ0) is 15.2. The molecule has 1 heterocycles. The third kappa shape index (κ3) is 4.06. The van der Waals surface area contributed by atoms with Crippen LogP contribution in [0.2, 0.25) is 0 Å². The lowest BCUT2D eigenvalue weighted by molar-refractivity contribution is -0.131. The predicted octanol–water partition coefficient (Wildman–Crippen LogP) is 1.91. The number of carbonyl (C=O) groups is 2. The summed E-state index contributed by atoms with van der Waals surface area (Å²) in [6, 6.07) is 5.04. The maximum Gasteiger partial charge on any atom is 0.328 e. The van der Waals surface area contributed by atoms with Crippen LogP contribution in [0.4, 0.5) is 5.69 Å². The van der Waals surface area contributed by atoms with Gasteiger partial charge in [0.2, 0.25) is 0 Å². The van der Waals surface area contributed by atoms with Crippen molar-refractivity contribution in [3.05, 3.63) is 29.8 Å². The maximum atomic E-state index is 12.1. The van der Waals surface area contributed by atoms with E-state index in [9.17, 15) is 9.59 Å². The second-order valence-electron chi connectivity index (χ2n) is 4.62. The average molecular weight is 291 g/mol. The molecule has 1 aliphatic rings. The summed E-state index contributed by atoms with van der Waals surface area (Å²) in [5.41, 5.74) is 1.14. The molecule has 0 spiro atoms. The van der Waals surface area contributed by atoms with Crippen molar-refractivity contribution < 1.29 is 24.2 Å². The summed E-state index contributed by atoms with van der Waals surface area (Å²) in [5, 5.41) is 11.4. The van der Waals surface area contributed by atoms with E-state index in [4.69, 9.17) is 14.6 Å². The smallest absolute Gasteiger partial charge is 0.328 e. The maximum absolute atomic E-state index is 12.1. The average Bonchev–Trinajstić information content (AvgIpc) is 2.99. The van der Waals surface area contributed by atoms with Crippen LogP contribution in [-0.4, -0.2) is 36.8 Å². The highest BCUT2D eigenvalue weighted by atomic mass is 16.5. The minimum Gasteiger partial charge on any atom is -0.495 e. The molecule has 1 aromatic carbocycles. The minimum absolute atomic E-state index is 0.217. The third-order valence-electron chi connectivity index (χ3n) is 3.12. The van der Waals surface area contributed by atoms with Crippen LogP contribution in [0.15, 0.2) is 24.3 Å². The van der Waals surface area contributed by atoms with E-state index in [0.29, 0.717) is 30.0 Å². The van der Waals surface area contributed by atoms with Crippen LogP contribution in [0, 0.1) is 0 Å². The number of carboxylic acids is 1. The van der Waals surface area contributed by atoms with Crippen molar-refractivity contribution in [2.45, 2.75) is 18.9 Å². The number of hydrogen-bond donors (Lipinski definition) is 2. The summed E-state index contributed by atoms with van der Waals surface area (Å²) >= 11 is 0. The Labute approximate surface area is 122 Å². The molecule has 21 heavy (non-hydrogen) atoms. The molecular weight excluding hydrogens is 274 g/mol. The topological polar surface area (TPSA) is 84.9 Å². The molecule has 0 saturated carbocycles. The van der Waals surface area contributed by atoms with Gasteiger partial charge in [-0.3, -0.25) is 4.79 Å². The van der Waals surface area contributed by atoms with E-state index in [-0.39, 0.29) is 5.91 Å². The monoisotopic (exact) mass is 291 g/mol. The summed E-state index contributed by atoms with van der Waals surface area (Å²) in [7, 11) is 1.50. The fourth-order valence-corrected chi connectivity index (χ4v) is 2.09. The van der Waals surface area contributed by atoms with Gasteiger partial charge in [0.25, 0.3) is 5.91 Å². The van der Waals surface area contributed by atoms with E-state index in [1.165, 1.54) is 13.2 Å². The molecule has 1 aliphatic heterocycles. The molecule has 1 fully saturated rings. The summed E-state index contributed by atoms with van der Waals surface area (Å²) in [5.74, 6) is -0.741. The molecule has 1 atom stereocenters. The first-order valence-corrected chi connectivity index (χ1v) is 6.61. The summed E-state index contributed by atoms with van der Waals surface area (Å²) in [6.07, 6.45) is 3.62. The van der Waals surface area contributed by atoms with Crippen LogP contribution in [0.5, 0.6) is 5.75 Å². The number of amides is 1. The number of nitrogens with one attached hydrogen (secondary N) is 1. The van der Waals surface area contributed by atoms with Gasteiger partial charge in [-0.25, -0.2) is 4.79 Å². The fraction of sp³-hybridized carbons (Fsp3) is 0.333. The second-order valence-corrected chi connectivity index (χ2v) is 4.62. The highest BCUT2D eigenvalue weighted by Crippen LogP contribution is 2.27. The Bertz CT molecular complexity index is 561. The molecule has 112 valence electrons. The Kier molecular flexibility index (Phi) is 4.94. The highest BCUT2D eigenvalue weighted by molar-refractivity contribution is 5.96. The molecule has 0 aromatic heterocycles. The highest BCUT2D eigenvalue weighted by Gasteiger charge is 2.24. The van der Waals surface area contributed by atoms with Crippen molar-refractivity contribution in [3.63, 3.8) is 0 Å². The lowest BCUT2D eigenvalue weighted by Gasteiger charge is -2.14. The van der Waals surface area contributed by atoms with Crippen molar-refractivity contribution in [3.8, 4) is 5.75 Å². The van der Waals surface area contributed by atoms with Gasteiger partial charge in [0, 0.05) is 12.7 Å². The van der Waals surface area contributed by atoms with Gasteiger partial charge in [-0.15, -0.1) is 0 Å². The molecule has 1 aromatic rings. The lowest BCUT2D eigenvalue weighted by Crippen LogP contribution is -2.27. The Morgan fingerprint density at radius 3 is 2.90 bits per heavy atom.